The van der Waals surface area contributed by atoms with Gasteiger partial charge in [0.1, 0.15) is 22.7 Å². The summed E-state index contributed by atoms with van der Waals surface area (Å²) in [4.78, 5) is 19.6. The Kier molecular flexibility index (Phi) is 3.51. The number of halogens is 1. The molecule has 0 radical (unpaired) electrons. The smallest absolute Gasteiger partial charge is 0.275 e. The summed E-state index contributed by atoms with van der Waals surface area (Å²) < 4.78 is 0. The summed E-state index contributed by atoms with van der Waals surface area (Å²) in [7, 11) is 0. The summed E-state index contributed by atoms with van der Waals surface area (Å²) in [5, 5.41) is 11.3. The van der Waals surface area contributed by atoms with Gasteiger partial charge in [-0.3, -0.25) is 4.79 Å². The number of hydrogen-bond donors (Lipinski definition) is 1. The summed E-state index contributed by atoms with van der Waals surface area (Å²) in [5.74, 6) is -0.00938. The van der Waals surface area contributed by atoms with E-state index in [1.807, 2.05) is 6.07 Å². The molecular weight excluding hydrogens is 252 g/mol. The standard InChI is InChI=1S/C12H7ClN4O/c13-11-8(7-14)4-5-9(16-11)12(18)17-10-3-1-2-6-15-10/h1-6H,(H,15,17,18). The molecular formula is C12H7ClN4O. The third kappa shape index (κ3) is 2.62. The van der Waals surface area contributed by atoms with Crippen molar-refractivity contribution in [2.75, 3.05) is 5.32 Å². The van der Waals surface area contributed by atoms with Crippen LogP contribution in [-0.4, -0.2) is 15.9 Å². The van der Waals surface area contributed by atoms with Gasteiger partial charge in [0.2, 0.25) is 0 Å². The van der Waals surface area contributed by atoms with Crippen molar-refractivity contribution in [3.63, 3.8) is 0 Å². The molecule has 2 heterocycles. The first-order chi connectivity index (χ1) is 8.70. The minimum atomic E-state index is -0.430. The third-order valence-electron chi connectivity index (χ3n) is 2.11. The minimum Gasteiger partial charge on any atom is -0.305 e. The Morgan fingerprint density at radius 2 is 2.17 bits per heavy atom. The summed E-state index contributed by atoms with van der Waals surface area (Å²) in [6.45, 7) is 0. The Balaban J connectivity index is 2.20. The maximum atomic E-state index is 11.8. The molecule has 0 aliphatic rings. The van der Waals surface area contributed by atoms with Gasteiger partial charge in [-0.15, -0.1) is 0 Å². The minimum absolute atomic E-state index is 0.00571. The van der Waals surface area contributed by atoms with Gasteiger partial charge in [0.25, 0.3) is 5.91 Å². The van der Waals surface area contributed by atoms with E-state index < -0.39 is 5.91 Å². The number of carbonyl (C=O) groups excluding carboxylic acids is 1. The van der Waals surface area contributed by atoms with Gasteiger partial charge in [-0.1, -0.05) is 17.7 Å². The van der Waals surface area contributed by atoms with Gasteiger partial charge in [-0.05, 0) is 24.3 Å². The Hall–Kier alpha value is -2.45. The maximum absolute atomic E-state index is 11.8. The summed E-state index contributed by atoms with van der Waals surface area (Å²) >= 11 is 5.75. The predicted molar refractivity (Wildman–Crippen MR) is 66.2 cm³/mol. The molecule has 6 heteroatoms. The lowest BCUT2D eigenvalue weighted by Crippen LogP contribution is -2.14. The predicted octanol–water partition coefficient (Wildman–Crippen LogP) is 2.25. The van der Waals surface area contributed by atoms with Crippen LogP contribution in [0.2, 0.25) is 5.15 Å². The quantitative estimate of drug-likeness (QED) is 0.838. The number of anilines is 1. The monoisotopic (exact) mass is 258 g/mol. The Morgan fingerprint density at radius 1 is 1.33 bits per heavy atom. The largest absolute Gasteiger partial charge is 0.305 e. The Labute approximate surface area is 108 Å². The molecule has 0 bridgehead atoms. The van der Waals surface area contributed by atoms with Gasteiger partial charge in [0.05, 0.1) is 5.56 Å². The van der Waals surface area contributed by atoms with Gasteiger partial charge < -0.3 is 5.32 Å². The fourth-order valence-corrected chi connectivity index (χ4v) is 1.46. The maximum Gasteiger partial charge on any atom is 0.275 e. The molecule has 2 rings (SSSR count). The fraction of sp³-hybridized carbons (Fsp3) is 0. The number of amides is 1. The van der Waals surface area contributed by atoms with Crippen LogP contribution in [0.5, 0.6) is 0 Å². The van der Waals surface area contributed by atoms with Crippen molar-refractivity contribution in [1.82, 2.24) is 9.97 Å². The molecule has 18 heavy (non-hydrogen) atoms. The molecule has 2 aromatic rings. The molecule has 0 fully saturated rings. The van der Waals surface area contributed by atoms with Crippen LogP contribution in [0.4, 0.5) is 5.82 Å². The highest BCUT2D eigenvalue weighted by molar-refractivity contribution is 6.30. The number of hydrogen-bond acceptors (Lipinski definition) is 4. The zero-order chi connectivity index (χ0) is 13.0. The second-order valence-electron chi connectivity index (χ2n) is 3.32. The summed E-state index contributed by atoms with van der Waals surface area (Å²) in [6, 6.07) is 9.90. The van der Waals surface area contributed by atoms with E-state index >= 15 is 0 Å². The number of aromatic nitrogens is 2. The lowest BCUT2D eigenvalue weighted by molar-refractivity contribution is 0.102. The third-order valence-corrected chi connectivity index (χ3v) is 2.40. The molecule has 88 valence electrons. The van der Waals surface area contributed by atoms with Crippen molar-refractivity contribution in [1.29, 1.82) is 5.26 Å². The topological polar surface area (TPSA) is 78.7 Å². The zero-order valence-corrected chi connectivity index (χ0v) is 9.85. The van der Waals surface area contributed by atoms with Crippen LogP contribution in [0.25, 0.3) is 0 Å². The van der Waals surface area contributed by atoms with E-state index in [0.29, 0.717) is 5.82 Å². The SMILES string of the molecule is N#Cc1ccc(C(=O)Nc2ccccn2)nc1Cl. The van der Waals surface area contributed by atoms with Crippen LogP contribution >= 0.6 is 11.6 Å². The van der Waals surface area contributed by atoms with E-state index in [4.69, 9.17) is 16.9 Å². The molecule has 0 aliphatic heterocycles. The van der Waals surface area contributed by atoms with Gasteiger partial charge in [0, 0.05) is 6.20 Å². The van der Waals surface area contributed by atoms with E-state index in [1.165, 1.54) is 12.1 Å². The number of nitrogens with one attached hydrogen (secondary N) is 1. The highest BCUT2D eigenvalue weighted by Gasteiger charge is 2.10. The summed E-state index contributed by atoms with van der Waals surface area (Å²) in [6.07, 6.45) is 1.56. The van der Waals surface area contributed by atoms with Crippen molar-refractivity contribution < 1.29 is 4.79 Å². The van der Waals surface area contributed by atoms with E-state index in [0.717, 1.165) is 0 Å². The molecule has 0 saturated carbocycles. The van der Waals surface area contributed by atoms with Crippen molar-refractivity contribution >= 4 is 23.3 Å². The Morgan fingerprint density at radius 3 is 2.78 bits per heavy atom. The average Bonchev–Trinajstić information content (AvgIpc) is 2.39. The molecule has 0 saturated heterocycles. The van der Waals surface area contributed by atoms with E-state index in [2.05, 4.69) is 15.3 Å². The van der Waals surface area contributed by atoms with Crippen LogP contribution in [0, 0.1) is 11.3 Å². The van der Waals surface area contributed by atoms with Gasteiger partial charge in [0.15, 0.2) is 0 Å². The average molecular weight is 259 g/mol. The van der Waals surface area contributed by atoms with Crippen molar-refractivity contribution in [2.24, 2.45) is 0 Å². The van der Waals surface area contributed by atoms with Crippen LogP contribution in [-0.2, 0) is 0 Å². The second-order valence-corrected chi connectivity index (χ2v) is 3.67. The van der Waals surface area contributed by atoms with Crippen LogP contribution in [0.1, 0.15) is 16.1 Å². The van der Waals surface area contributed by atoms with E-state index in [-0.39, 0.29) is 16.4 Å². The molecule has 0 aromatic carbocycles. The lowest BCUT2D eigenvalue weighted by atomic mass is 10.2. The zero-order valence-electron chi connectivity index (χ0n) is 9.09. The van der Waals surface area contributed by atoms with Gasteiger partial charge in [-0.2, -0.15) is 5.26 Å². The van der Waals surface area contributed by atoms with E-state index in [9.17, 15) is 4.79 Å². The molecule has 1 amide bonds. The molecule has 0 aliphatic carbocycles. The number of nitrogens with zero attached hydrogens (tertiary/aromatic N) is 3. The highest BCUT2D eigenvalue weighted by Crippen LogP contribution is 2.13. The van der Waals surface area contributed by atoms with Gasteiger partial charge >= 0.3 is 0 Å². The molecule has 5 nitrogen and oxygen atoms in total. The first-order valence-corrected chi connectivity index (χ1v) is 5.37. The van der Waals surface area contributed by atoms with Crippen molar-refractivity contribution in [3.05, 3.63) is 52.9 Å². The molecule has 0 atom stereocenters. The van der Waals surface area contributed by atoms with Crippen LogP contribution in [0.3, 0.4) is 0 Å². The van der Waals surface area contributed by atoms with E-state index in [1.54, 1.807) is 24.4 Å². The van der Waals surface area contributed by atoms with Crippen LogP contribution in [0.15, 0.2) is 36.5 Å². The first kappa shape index (κ1) is 12.0. The first-order valence-electron chi connectivity index (χ1n) is 5.00. The van der Waals surface area contributed by atoms with Crippen molar-refractivity contribution in [3.8, 4) is 6.07 Å². The number of nitriles is 1. The fourth-order valence-electron chi connectivity index (χ4n) is 1.26. The molecule has 0 spiro atoms. The number of pyridine rings is 2. The highest BCUT2D eigenvalue weighted by atomic mass is 35.5. The lowest BCUT2D eigenvalue weighted by Gasteiger charge is -2.03. The van der Waals surface area contributed by atoms with Crippen molar-refractivity contribution in [2.45, 2.75) is 0 Å². The van der Waals surface area contributed by atoms with Gasteiger partial charge in [-0.25, -0.2) is 9.97 Å². The molecule has 2 aromatic heterocycles. The van der Waals surface area contributed by atoms with Crippen LogP contribution < -0.4 is 5.32 Å². The second kappa shape index (κ2) is 5.25. The Bertz CT molecular complexity index is 622. The number of carbonyl (C=O) groups is 1. The normalized spacial score (nSPS) is 9.56. The molecule has 1 N–H and O–H groups in total. The summed E-state index contributed by atoms with van der Waals surface area (Å²) in [5.41, 5.74) is 0.357. The molecule has 0 unspecified atom stereocenters. The number of rotatable bonds is 2.